The van der Waals surface area contributed by atoms with Gasteiger partial charge >= 0.3 is 5.97 Å². The third-order valence-electron chi connectivity index (χ3n) is 3.45. The Morgan fingerprint density at radius 2 is 2.39 bits per heavy atom. The first-order chi connectivity index (χ1) is 8.76. The molecule has 100 valence electrons. The van der Waals surface area contributed by atoms with Gasteiger partial charge in [-0.25, -0.2) is 4.68 Å². The zero-order valence-corrected chi connectivity index (χ0v) is 11.0. The lowest BCUT2D eigenvalue weighted by molar-refractivity contribution is -0.141. The number of hydrogen-bond acceptors (Lipinski definition) is 5. The van der Waals surface area contributed by atoms with Crippen molar-refractivity contribution in [2.24, 2.45) is 0 Å². The second kappa shape index (κ2) is 5.84. The van der Waals surface area contributed by atoms with Gasteiger partial charge in [-0.3, -0.25) is 4.79 Å². The zero-order chi connectivity index (χ0) is 13.0. The van der Waals surface area contributed by atoms with E-state index < -0.39 is 0 Å². The van der Waals surface area contributed by atoms with E-state index in [0.717, 1.165) is 38.2 Å². The van der Waals surface area contributed by atoms with Gasteiger partial charge in [-0.2, -0.15) is 0 Å². The monoisotopic (exact) mass is 252 g/mol. The van der Waals surface area contributed by atoms with Crippen LogP contribution in [0.4, 0.5) is 5.82 Å². The minimum absolute atomic E-state index is 0.151. The number of anilines is 1. The van der Waals surface area contributed by atoms with Crippen LogP contribution in [0.15, 0.2) is 6.20 Å². The minimum Gasteiger partial charge on any atom is -0.469 e. The first-order valence-corrected chi connectivity index (χ1v) is 6.48. The molecular formula is C12H20N4O2. The van der Waals surface area contributed by atoms with Gasteiger partial charge in [-0.15, -0.1) is 5.10 Å². The number of hydrogen-bond donors (Lipinski definition) is 0. The van der Waals surface area contributed by atoms with Gasteiger partial charge in [0.25, 0.3) is 0 Å². The maximum atomic E-state index is 11.5. The van der Waals surface area contributed by atoms with Crippen LogP contribution in [0.1, 0.15) is 32.6 Å². The summed E-state index contributed by atoms with van der Waals surface area (Å²) >= 11 is 0. The first-order valence-electron chi connectivity index (χ1n) is 6.48. The summed E-state index contributed by atoms with van der Waals surface area (Å²) in [6.45, 7) is 3.78. The molecule has 0 radical (unpaired) electrons. The standard InChI is InChI=1S/C12H20N4O2/c1-3-16-11(9-13-14-16)15-7-5-4-6-10(15)8-12(17)18-2/h9-10H,3-8H2,1-2H3. The Hall–Kier alpha value is -1.59. The topological polar surface area (TPSA) is 60.2 Å². The number of aryl methyl sites for hydroxylation is 1. The second-order valence-corrected chi connectivity index (χ2v) is 4.53. The van der Waals surface area contributed by atoms with E-state index in [9.17, 15) is 4.79 Å². The number of rotatable bonds is 4. The molecule has 2 rings (SSSR count). The van der Waals surface area contributed by atoms with Crippen LogP contribution >= 0.6 is 0 Å². The van der Waals surface area contributed by atoms with Crippen molar-refractivity contribution in [2.45, 2.75) is 45.2 Å². The average molecular weight is 252 g/mol. The number of methoxy groups -OCH3 is 1. The van der Waals surface area contributed by atoms with Gasteiger partial charge in [0.15, 0.2) is 0 Å². The second-order valence-electron chi connectivity index (χ2n) is 4.53. The highest BCUT2D eigenvalue weighted by molar-refractivity contribution is 5.70. The van der Waals surface area contributed by atoms with Crippen molar-refractivity contribution in [1.82, 2.24) is 15.0 Å². The number of ether oxygens (including phenoxy) is 1. The molecule has 18 heavy (non-hydrogen) atoms. The third-order valence-corrected chi connectivity index (χ3v) is 3.45. The molecule has 1 aromatic rings. The van der Waals surface area contributed by atoms with Gasteiger partial charge in [0.2, 0.25) is 0 Å². The Bertz CT molecular complexity index is 405. The third kappa shape index (κ3) is 2.63. The molecule has 0 bridgehead atoms. The van der Waals surface area contributed by atoms with Crippen LogP contribution in [0.5, 0.6) is 0 Å². The van der Waals surface area contributed by atoms with E-state index in [0.29, 0.717) is 6.42 Å². The Labute approximate surface area is 107 Å². The molecule has 0 aliphatic carbocycles. The highest BCUT2D eigenvalue weighted by Crippen LogP contribution is 2.26. The van der Waals surface area contributed by atoms with Crippen molar-refractivity contribution >= 4 is 11.8 Å². The maximum absolute atomic E-state index is 11.5. The largest absolute Gasteiger partial charge is 0.469 e. The van der Waals surface area contributed by atoms with E-state index in [-0.39, 0.29) is 12.0 Å². The van der Waals surface area contributed by atoms with Crippen molar-refractivity contribution in [3.05, 3.63) is 6.20 Å². The fraction of sp³-hybridized carbons (Fsp3) is 0.750. The number of nitrogens with zero attached hydrogens (tertiary/aromatic N) is 4. The maximum Gasteiger partial charge on any atom is 0.307 e. The molecular weight excluding hydrogens is 232 g/mol. The van der Waals surface area contributed by atoms with E-state index in [1.54, 1.807) is 6.20 Å². The van der Waals surface area contributed by atoms with Crippen LogP contribution in [0.25, 0.3) is 0 Å². The first kappa shape index (κ1) is 12.9. The lowest BCUT2D eigenvalue weighted by Gasteiger charge is -2.36. The summed E-state index contributed by atoms with van der Waals surface area (Å²) in [5.74, 6) is 0.855. The molecule has 0 saturated carbocycles. The minimum atomic E-state index is -0.151. The summed E-state index contributed by atoms with van der Waals surface area (Å²) in [7, 11) is 1.44. The molecule has 6 nitrogen and oxygen atoms in total. The van der Waals surface area contributed by atoms with Crippen LogP contribution in [-0.2, 0) is 16.1 Å². The summed E-state index contributed by atoms with van der Waals surface area (Å²) in [6, 6.07) is 0.204. The SMILES string of the molecule is CCn1nncc1N1CCCCC1CC(=O)OC. The van der Waals surface area contributed by atoms with E-state index in [4.69, 9.17) is 4.74 Å². The average Bonchev–Trinajstić information content (AvgIpc) is 2.87. The Balaban J connectivity index is 2.14. The predicted octanol–water partition coefficient (Wildman–Crippen LogP) is 1.22. The number of piperidine rings is 1. The molecule has 1 aliphatic heterocycles. The summed E-state index contributed by atoms with van der Waals surface area (Å²) in [5, 5.41) is 8.01. The molecule has 0 spiro atoms. The van der Waals surface area contributed by atoms with Crippen molar-refractivity contribution in [3.8, 4) is 0 Å². The normalized spacial score (nSPS) is 19.9. The van der Waals surface area contributed by atoms with Gasteiger partial charge in [-0.05, 0) is 26.2 Å². The molecule has 0 amide bonds. The fourth-order valence-corrected chi connectivity index (χ4v) is 2.49. The quantitative estimate of drug-likeness (QED) is 0.754. The molecule has 1 aliphatic rings. The van der Waals surface area contributed by atoms with Crippen LogP contribution < -0.4 is 4.90 Å². The molecule has 2 heterocycles. The van der Waals surface area contributed by atoms with Crippen LogP contribution in [-0.4, -0.2) is 40.7 Å². The highest BCUT2D eigenvalue weighted by atomic mass is 16.5. The van der Waals surface area contributed by atoms with Crippen molar-refractivity contribution in [1.29, 1.82) is 0 Å². The van der Waals surface area contributed by atoms with Gasteiger partial charge in [-0.1, -0.05) is 5.21 Å². The summed E-state index contributed by atoms with van der Waals surface area (Å²) < 4.78 is 6.64. The van der Waals surface area contributed by atoms with Crippen LogP contribution in [0.3, 0.4) is 0 Å². The molecule has 1 atom stereocenters. The summed E-state index contributed by atoms with van der Waals surface area (Å²) in [4.78, 5) is 13.7. The van der Waals surface area contributed by atoms with Gasteiger partial charge in [0.05, 0.1) is 19.7 Å². The number of aromatic nitrogens is 3. The zero-order valence-electron chi connectivity index (χ0n) is 11.0. The summed E-state index contributed by atoms with van der Waals surface area (Å²) in [5.41, 5.74) is 0. The Morgan fingerprint density at radius 1 is 1.56 bits per heavy atom. The van der Waals surface area contributed by atoms with Gasteiger partial charge in [0.1, 0.15) is 5.82 Å². The lowest BCUT2D eigenvalue weighted by Crippen LogP contribution is -2.42. The molecule has 6 heteroatoms. The smallest absolute Gasteiger partial charge is 0.307 e. The van der Waals surface area contributed by atoms with Gasteiger partial charge in [0, 0.05) is 19.1 Å². The summed E-state index contributed by atoms with van der Waals surface area (Å²) in [6.07, 6.45) is 5.53. The predicted molar refractivity (Wildman–Crippen MR) is 67.3 cm³/mol. The molecule has 0 N–H and O–H groups in total. The van der Waals surface area contributed by atoms with Crippen LogP contribution in [0.2, 0.25) is 0 Å². The highest BCUT2D eigenvalue weighted by Gasteiger charge is 2.27. The van der Waals surface area contributed by atoms with Crippen molar-refractivity contribution in [3.63, 3.8) is 0 Å². The van der Waals surface area contributed by atoms with Crippen molar-refractivity contribution in [2.75, 3.05) is 18.6 Å². The Kier molecular flexibility index (Phi) is 4.17. The molecule has 0 aromatic carbocycles. The molecule has 1 saturated heterocycles. The molecule has 1 aromatic heterocycles. The molecule has 1 fully saturated rings. The van der Waals surface area contributed by atoms with Gasteiger partial charge < -0.3 is 9.64 Å². The number of carbonyl (C=O) groups is 1. The number of carbonyl (C=O) groups excluding carboxylic acids is 1. The van der Waals surface area contributed by atoms with E-state index in [1.807, 2.05) is 11.6 Å². The van der Waals surface area contributed by atoms with E-state index in [2.05, 4.69) is 15.2 Å². The fourth-order valence-electron chi connectivity index (χ4n) is 2.49. The number of esters is 1. The van der Waals surface area contributed by atoms with E-state index in [1.165, 1.54) is 7.11 Å². The lowest BCUT2D eigenvalue weighted by atomic mass is 9.99. The Morgan fingerprint density at radius 3 is 3.11 bits per heavy atom. The van der Waals surface area contributed by atoms with Crippen LogP contribution in [0, 0.1) is 0 Å². The van der Waals surface area contributed by atoms with Crippen molar-refractivity contribution < 1.29 is 9.53 Å². The molecule has 1 unspecified atom stereocenters. The van der Waals surface area contributed by atoms with E-state index >= 15 is 0 Å².